The lowest BCUT2D eigenvalue weighted by atomic mass is 9.92. The molecule has 3 unspecified atom stereocenters. The van der Waals surface area contributed by atoms with Crippen molar-refractivity contribution >= 4 is 143 Å². The molecule has 29 heteroatoms. The summed E-state index contributed by atoms with van der Waals surface area (Å²) < 4.78 is 45.2. The molecule has 148 heavy (non-hydrogen) atoms. The Kier molecular flexibility index (Phi) is 24.8. The molecule has 0 saturated heterocycles. The van der Waals surface area contributed by atoms with Gasteiger partial charge in [-0.1, -0.05) is 69.3 Å². The molecular formula is C119H120N16O13. The summed E-state index contributed by atoms with van der Waals surface area (Å²) in [6.07, 6.45) is 10.5. The Morgan fingerprint density at radius 2 is 0.736 bits per heavy atom. The van der Waals surface area contributed by atoms with Crippen molar-refractivity contribution in [3.05, 3.63) is 353 Å². The van der Waals surface area contributed by atoms with Gasteiger partial charge in [0.1, 0.15) is 45.2 Å². The van der Waals surface area contributed by atoms with E-state index in [1.54, 1.807) is 61.7 Å². The van der Waals surface area contributed by atoms with Crippen LogP contribution in [0.25, 0.3) is 121 Å². The highest BCUT2D eigenvalue weighted by atomic mass is 16.5. The molecule has 0 radical (unpaired) electrons. The maximum Gasteiger partial charge on any atom is 0.258 e. The van der Waals surface area contributed by atoms with Crippen molar-refractivity contribution in [3.63, 3.8) is 0 Å². The van der Waals surface area contributed by atoms with Crippen molar-refractivity contribution in [2.24, 2.45) is 31.3 Å². The highest BCUT2D eigenvalue weighted by Gasteiger charge is 2.41. The molecule has 29 nitrogen and oxygen atoms in total. The number of hydrogen-bond acceptors (Lipinski definition) is 22. The molecule has 18 heterocycles. The van der Waals surface area contributed by atoms with Crippen LogP contribution in [-0.2, 0) is 20.6 Å². The van der Waals surface area contributed by atoms with E-state index in [1.807, 2.05) is 122 Å². The van der Waals surface area contributed by atoms with Gasteiger partial charge in [-0.2, -0.15) is 0 Å². The molecule has 7 aromatic heterocycles. The number of nitrogens with zero attached hydrogens (tertiary/aromatic N) is 11. The van der Waals surface area contributed by atoms with E-state index in [0.29, 0.717) is 78.1 Å². The summed E-state index contributed by atoms with van der Waals surface area (Å²) in [6, 6.07) is 40.3. The van der Waals surface area contributed by atoms with E-state index in [-0.39, 0.29) is 57.0 Å². The van der Waals surface area contributed by atoms with Gasteiger partial charge >= 0.3 is 0 Å². The first-order valence-corrected chi connectivity index (χ1v) is 50.0. The standard InChI is InChI=1S/C24H23N3O2.C21H18N2O2.C20H23N3O3.C19H21N3O2.C18H19N3O2.C17H16N2O2/c1-14-9-16(3)26-18(12-25)13-29-24-22(26)19(14)11-20-15(2)10-21(28)27(23(20)24)17-7-5-4-6-8-17;1-12-10-13(2)23-8-9-25-20-18-17(11-16(12)19(20)23)14-6-4-5-7-15(14)21(24)22(18)3;1-11-6-16(24)22(5)18-14(11)8-15-12(2)7-17(25)23-13(9-21(3)4)10-26-20(18)19(15)23;1-11-8-13(3)21-6-7-24-19-17(21)14(11)10-15-12(2)9-16(23)22(5-4-20)18(15)19;1-9-4-11(3)21-12(7-19)8-23-18-16-13(6-14(9)17(18)21)10(2)5-15(22)20-16;1-9-6-11(3)19-4-5-21-17-15-12(8-13(9)16(17)19)10(2)7-14(20)18-15/h4-11,18H,3,12-13,25H2,1-2H3;4-7,10-11H,2,8-9H2,1,3H3;6-8,13H,9-10H2,1-5H3;8-10H,3-7,20H2,1-2H3;4-6,12H,3,7-8,19H2,1-2H3,(H,20,22);6-8H,3-5H2,1-2H3,(H,18,20). The number of nitrogens with one attached hydrogen (secondary N) is 2. The molecular weight excluding hydrogens is 1860 g/mol. The number of benzene rings is 8. The van der Waals surface area contributed by atoms with Gasteiger partial charge in [-0.3, -0.25) is 42.7 Å². The van der Waals surface area contributed by atoms with Crippen LogP contribution in [0, 0.1) is 41.5 Å². The third kappa shape index (κ3) is 15.9. The molecule has 15 aromatic rings. The second kappa shape index (κ2) is 37.5. The topological polar surface area (TPSA) is 329 Å². The summed E-state index contributed by atoms with van der Waals surface area (Å²) >= 11 is 0. The van der Waals surface area contributed by atoms with Crippen molar-refractivity contribution in [2.45, 2.75) is 101 Å². The molecule has 26 rings (SSSR count). The molecule has 11 aliphatic heterocycles. The van der Waals surface area contributed by atoms with Crippen LogP contribution in [0.3, 0.4) is 0 Å². The van der Waals surface area contributed by atoms with Crippen LogP contribution < -0.4 is 109 Å². The monoisotopic (exact) mass is 1980 g/mol. The molecule has 3 atom stereocenters. The van der Waals surface area contributed by atoms with E-state index in [2.05, 4.69) is 174 Å². The number of ether oxygens (including phenoxy) is 6. The van der Waals surface area contributed by atoms with Crippen LogP contribution in [0.2, 0.25) is 0 Å². The lowest BCUT2D eigenvalue weighted by Gasteiger charge is -2.42. The van der Waals surface area contributed by atoms with Gasteiger partial charge in [0.25, 0.3) is 27.8 Å². The lowest BCUT2D eigenvalue weighted by Crippen LogP contribution is -2.48. The zero-order chi connectivity index (χ0) is 104. The Morgan fingerprint density at radius 3 is 1.25 bits per heavy atom. The molecule has 0 fully saturated rings. The first-order chi connectivity index (χ1) is 71.0. The molecule has 754 valence electrons. The first-order valence-electron chi connectivity index (χ1n) is 50.0. The number of H-pyrrole nitrogens is 2. The minimum atomic E-state index is -0.121. The van der Waals surface area contributed by atoms with Gasteiger partial charge in [-0.25, -0.2) is 0 Å². The summed E-state index contributed by atoms with van der Waals surface area (Å²) in [7, 11) is 7.54. The number of anilines is 5. The van der Waals surface area contributed by atoms with E-state index in [0.717, 1.165) is 276 Å². The maximum absolute atomic E-state index is 13.1. The number of aromatic nitrogens is 7. The molecule has 0 aliphatic carbocycles. The maximum atomic E-state index is 13.1. The van der Waals surface area contributed by atoms with Gasteiger partial charge in [0.15, 0.2) is 34.5 Å². The Labute approximate surface area is 853 Å². The summed E-state index contributed by atoms with van der Waals surface area (Å²) in [4.78, 5) is 106. The number of allylic oxidation sites excluding steroid dienone is 10. The van der Waals surface area contributed by atoms with Crippen molar-refractivity contribution in [1.29, 1.82) is 0 Å². The number of fused-ring (bicyclic) bond motifs is 14. The molecule has 0 saturated carbocycles. The zero-order valence-electron chi connectivity index (χ0n) is 86.1. The minimum Gasteiger partial charge on any atom is -0.487 e. The van der Waals surface area contributed by atoms with Crippen LogP contribution in [0.1, 0.15) is 102 Å². The van der Waals surface area contributed by atoms with E-state index >= 15 is 0 Å². The van der Waals surface area contributed by atoms with Crippen molar-refractivity contribution in [1.82, 2.24) is 37.7 Å². The smallest absolute Gasteiger partial charge is 0.258 e. The van der Waals surface area contributed by atoms with Gasteiger partial charge in [0, 0.05) is 188 Å². The number of aryl methyl sites for hydroxylation is 8. The Balaban J connectivity index is 0.000000104. The molecule has 11 aliphatic rings. The average Bonchev–Trinajstić information content (AvgIpc) is 0.711. The molecule has 8 N–H and O–H groups in total. The van der Waals surface area contributed by atoms with Gasteiger partial charge in [0.05, 0.1) is 99.3 Å². The van der Waals surface area contributed by atoms with Crippen LogP contribution >= 0.6 is 0 Å². The Bertz CT molecular complexity index is 9080. The number of nitrogens with two attached hydrogens (primary N) is 3. The fourth-order valence-corrected chi connectivity index (χ4v) is 23.2. The van der Waals surface area contributed by atoms with E-state index in [1.165, 1.54) is 11.1 Å². The van der Waals surface area contributed by atoms with Gasteiger partial charge in [-0.05, 0) is 242 Å². The largest absolute Gasteiger partial charge is 0.487 e. The predicted octanol–water partition coefficient (Wildman–Crippen LogP) is 17.2. The van der Waals surface area contributed by atoms with Crippen molar-refractivity contribution < 1.29 is 28.4 Å². The normalized spacial score (nSPS) is 17.0. The summed E-state index contributed by atoms with van der Waals surface area (Å²) in [5.74, 6) is 4.41. The van der Waals surface area contributed by atoms with E-state index in [9.17, 15) is 33.6 Å². The quantitative estimate of drug-likeness (QED) is 0.0731. The molecule has 8 aromatic carbocycles. The average molecular weight is 1980 g/mol. The lowest BCUT2D eigenvalue weighted by molar-refractivity contribution is 0.200. The first kappa shape index (κ1) is 97.6. The fraction of sp³-hybridized carbons (Fsp3) is 0.269. The van der Waals surface area contributed by atoms with Crippen LogP contribution in [0.15, 0.2) is 253 Å². The highest BCUT2D eigenvalue weighted by molar-refractivity contribution is 6.13. The minimum absolute atomic E-state index is 0.00178. The summed E-state index contributed by atoms with van der Waals surface area (Å²) in [6.45, 7) is 51.0. The second-order valence-corrected chi connectivity index (χ2v) is 40.2. The third-order valence-corrected chi connectivity index (χ3v) is 30.3. The Morgan fingerprint density at radius 1 is 0.358 bits per heavy atom. The zero-order valence-corrected chi connectivity index (χ0v) is 86.1. The molecule has 0 spiro atoms. The second-order valence-electron chi connectivity index (χ2n) is 40.2. The number of likely N-dealkylation sites (N-methyl/N-ethyl adjacent to an activating group) is 1. The fourth-order valence-electron chi connectivity index (χ4n) is 23.2. The van der Waals surface area contributed by atoms with Gasteiger partial charge in [-0.15, -0.1) is 0 Å². The highest BCUT2D eigenvalue weighted by Crippen LogP contribution is 2.56. The summed E-state index contributed by atoms with van der Waals surface area (Å²) in [5, 5.41) is 8.82. The van der Waals surface area contributed by atoms with E-state index < -0.39 is 0 Å². The number of pyridine rings is 7. The number of hydrogen-bond donors (Lipinski definition) is 5. The summed E-state index contributed by atoms with van der Waals surface area (Å²) in [5.41, 5.74) is 50.4. The number of rotatable bonds is 7. The number of aromatic amines is 2. The van der Waals surface area contributed by atoms with Crippen LogP contribution in [0.4, 0.5) is 28.4 Å². The van der Waals surface area contributed by atoms with Gasteiger partial charge < -0.3 is 98.7 Å². The Hall–Kier alpha value is -16.5. The molecule has 0 bridgehead atoms. The predicted molar refractivity (Wildman–Crippen MR) is 599 cm³/mol. The number of para-hydroxylation sites is 1. The van der Waals surface area contributed by atoms with Crippen molar-refractivity contribution in [2.75, 3.05) is 124 Å². The van der Waals surface area contributed by atoms with E-state index in [4.69, 9.17) is 45.6 Å². The van der Waals surface area contributed by atoms with Crippen molar-refractivity contribution in [3.8, 4) is 40.2 Å². The van der Waals surface area contributed by atoms with Gasteiger partial charge in [0.2, 0.25) is 11.1 Å². The SMILES string of the molecule is C=C1C=C(C)c2cc3c(C)cc(=O)[nH]c3c3c2N1C(CN)CO3.C=C1C=C(C)c2cc3c(C)cc(=O)[nH]c3c3c2N1CCO3.C=C1C=C(C)c2cc3c(C)cc(=O)n(-c4ccccc4)c3c3c2N1C(CN)CO3.C=C1C=C(C)c2cc3c(C)cc(=O)n(CCN)c3c3c2N1CCO3.C=C1C=C(C)c2cc3c4ccccc4c(=O)n(C)c3c3c2N1CCO3.Cc1cc(=O)n(C)c2c3c4c(cc12)c(C)cc(=O)n4C(CN(C)C)CO3. The van der Waals surface area contributed by atoms with Crippen LogP contribution in [0.5, 0.6) is 34.5 Å². The van der Waals surface area contributed by atoms with Crippen LogP contribution in [-0.4, -0.2) is 149 Å². The third-order valence-electron chi connectivity index (χ3n) is 30.3. The molecule has 0 amide bonds.